The minimum absolute atomic E-state index is 0.123. The zero-order valence-electron chi connectivity index (χ0n) is 17.8. The third-order valence-corrected chi connectivity index (χ3v) is 7.34. The van der Waals surface area contributed by atoms with Crippen molar-refractivity contribution in [2.45, 2.75) is 31.4 Å². The van der Waals surface area contributed by atoms with Crippen LogP contribution in [0.2, 0.25) is 0 Å². The van der Waals surface area contributed by atoms with Gasteiger partial charge in [-0.3, -0.25) is 9.52 Å². The summed E-state index contributed by atoms with van der Waals surface area (Å²) in [5.74, 6) is 0.965. The SMILES string of the molecule is Cc1ccc(NS(=O)(=O)c2ccc(NC(=O)CSCc3ccccc3C)cc2)cc1C. The number of benzene rings is 3. The smallest absolute Gasteiger partial charge is 0.261 e. The Kier molecular flexibility index (Phi) is 7.41. The number of hydrogen-bond acceptors (Lipinski definition) is 4. The summed E-state index contributed by atoms with van der Waals surface area (Å²) < 4.78 is 27.9. The number of aryl methyl sites for hydroxylation is 3. The fourth-order valence-corrected chi connectivity index (χ4v) is 4.91. The maximum absolute atomic E-state index is 12.6. The summed E-state index contributed by atoms with van der Waals surface area (Å²) in [6.07, 6.45) is 0. The second-order valence-electron chi connectivity index (χ2n) is 7.40. The number of sulfonamides is 1. The maximum atomic E-state index is 12.6. The highest BCUT2D eigenvalue weighted by atomic mass is 32.2. The van der Waals surface area contributed by atoms with Crippen molar-refractivity contribution in [1.82, 2.24) is 0 Å². The molecule has 162 valence electrons. The lowest BCUT2D eigenvalue weighted by atomic mass is 10.1. The third-order valence-electron chi connectivity index (χ3n) is 4.96. The van der Waals surface area contributed by atoms with Gasteiger partial charge in [0.2, 0.25) is 5.91 Å². The molecule has 2 N–H and O–H groups in total. The number of hydrogen-bond donors (Lipinski definition) is 2. The van der Waals surface area contributed by atoms with E-state index in [-0.39, 0.29) is 10.8 Å². The molecule has 5 nitrogen and oxygen atoms in total. The van der Waals surface area contributed by atoms with Gasteiger partial charge in [0.05, 0.1) is 10.6 Å². The Morgan fingerprint density at radius 3 is 2.19 bits per heavy atom. The minimum Gasteiger partial charge on any atom is -0.325 e. The number of amides is 1. The first kappa shape index (κ1) is 22.9. The van der Waals surface area contributed by atoms with E-state index in [0.717, 1.165) is 16.9 Å². The predicted octanol–water partition coefficient (Wildman–Crippen LogP) is 5.28. The number of thioether (sulfide) groups is 1. The molecule has 7 heteroatoms. The van der Waals surface area contributed by atoms with Gasteiger partial charge in [-0.1, -0.05) is 30.3 Å². The summed E-state index contributed by atoms with van der Waals surface area (Å²) in [5.41, 5.74) is 5.61. The third kappa shape index (κ3) is 6.35. The van der Waals surface area contributed by atoms with Crippen LogP contribution in [0.1, 0.15) is 22.3 Å². The molecule has 0 aliphatic carbocycles. The largest absolute Gasteiger partial charge is 0.325 e. The van der Waals surface area contributed by atoms with Crippen molar-refractivity contribution in [2.24, 2.45) is 0 Å². The molecule has 3 rings (SSSR count). The molecule has 0 heterocycles. The average Bonchev–Trinajstić information content (AvgIpc) is 2.72. The van der Waals surface area contributed by atoms with Crippen LogP contribution in [-0.4, -0.2) is 20.1 Å². The first-order valence-electron chi connectivity index (χ1n) is 9.87. The van der Waals surface area contributed by atoms with Crippen LogP contribution in [0.25, 0.3) is 0 Å². The summed E-state index contributed by atoms with van der Waals surface area (Å²) >= 11 is 1.54. The van der Waals surface area contributed by atoms with Crippen LogP contribution >= 0.6 is 11.8 Å². The Balaban J connectivity index is 1.55. The Morgan fingerprint density at radius 1 is 0.839 bits per heavy atom. The summed E-state index contributed by atoms with van der Waals surface area (Å²) in [6, 6.07) is 19.7. The second-order valence-corrected chi connectivity index (χ2v) is 10.1. The molecule has 0 radical (unpaired) electrons. The van der Waals surface area contributed by atoms with Gasteiger partial charge in [0.25, 0.3) is 10.0 Å². The van der Waals surface area contributed by atoms with E-state index >= 15 is 0 Å². The van der Waals surface area contributed by atoms with Crippen molar-refractivity contribution in [1.29, 1.82) is 0 Å². The molecule has 0 aliphatic rings. The number of anilines is 2. The van der Waals surface area contributed by atoms with E-state index in [4.69, 9.17) is 0 Å². The molecule has 0 saturated carbocycles. The van der Waals surface area contributed by atoms with Crippen molar-refractivity contribution in [3.8, 4) is 0 Å². The topological polar surface area (TPSA) is 75.3 Å². The zero-order valence-corrected chi connectivity index (χ0v) is 19.4. The monoisotopic (exact) mass is 454 g/mol. The molecule has 0 atom stereocenters. The van der Waals surface area contributed by atoms with Crippen molar-refractivity contribution in [3.63, 3.8) is 0 Å². The van der Waals surface area contributed by atoms with E-state index in [1.807, 2.05) is 32.0 Å². The molecule has 1 amide bonds. The van der Waals surface area contributed by atoms with E-state index in [0.29, 0.717) is 17.1 Å². The molecule has 0 aromatic heterocycles. The van der Waals surface area contributed by atoms with Crippen LogP contribution < -0.4 is 10.0 Å². The van der Waals surface area contributed by atoms with Gasteiger partial charge in [0.15, 0.2) is 0 Å². The van der Waals surface area contributed by atoms with Crippen LogP contribution in [0.3, 0.4) is 0 Å². The lowest BCUT2D eigenvalue weighted by Crippen LogP contribution is -2.15. The van der Waals surface area contributed by atoms with Crippen LogP contribution in [0, 0.1) is 20.8 Å². The fraction of sp³-hybridized carbons (Fsp3) is 0.208. The molecule has 0 unspecified atom stereocenters. The van der Waals surface area contributed by atoms with Crippen LogP contribution in [0.5, 0.6) is 0 Å². The predicted molar refractivity (Wildman–Crippen MR) is 129 cm³/mol. The first-order valence-corrected chi connectivity index (χ1v) is 12.5. The fourth-order valence-electron chi connectivity index (χ4n) is 2.96. The molecule has 0 spiro atoms. The Morgan fingerprint density at radius 2 is 1.52 bits per heavy atom. The molecule has 0 saturated heterocycles. The lowest BCUT2D eigenvalue weighted by Gasteiger charge is -2.11. The van der Waals surface area contributed by atoms with Crippen molar-refractivity contribution in [3.05, 3.63) is 89.0 Å². The van der Waals surface area contributed by atoms with Gasteiger partial charge in [0, 0.05) is 17.1 Å². The van der Waals surface area contributed by atoms with Crippen molar-refractivity contribution >= 4 is 39.1 Å². The highest BCUT2D eigenvalue weighted by molar-refractivity contribution is 7.99. The van der Waals surface area contributed by atoms with Crippen LogP contribution in [0.4, 0.5) is 11.4 Å². The van der Waals surface area contributed by atoms with E-state index in [1.165, 1.54) is 23.3 Å². The molecular weight excluding hydrogens is 428 g/mol. The van der Waals surface area contributed by atoms with Crippen LogP contribution in [0.15, 0.2) is 71.6 Å². The molecule has 3 aromatic rings. The Hall–Kier alpha value is -2.77. The average molecular weight is 455 g/mol. The molecule has 31 heavy (non-hydrogen) atoms. The maximum Gasteiger partial charge on any atom is 0.261 e. The minimum atomic E-state index is -3.70. The van der Waals surface area contributed by atoms with Crippen molar-refractivity contribution in [2.75, 3.05) is 15.8 Å². The normalized spacial score (nSPS) is 11.2. The highest BCUT2D eigenvalue weighted by Crippen LogP contribution is 2.21. The Labute approximate surface area is 188 Å². The molecule has 3 aromatic carbocycles. The summed E-state index contributed by atoms with van der Waals surface area (Å²) in [4.78, 5) is 12.3. The van der Waals surface area contributed by atoms with Crippen molar-refractivity contribution < 1.29 is 13.2 Å². The second kappa shape index (κ2) is 10.0. The van der Waals surface area contributed by atoms with Gasteiger partial charge in [0.1, 0.15) is 0 Å². The van der Waals surface area contributed by atoms with Gasteiger partial charge in [-0.25, -0.2) is 8.42 Å². The standard InChI is InChI=1S/C24H26N2O3S2/c1-17-8-9-22(14-19(17)3)26-31(28,29)23-12-10-21(11-13-23)25-24(27)16-30-15-20-7-5-4-6-18(20)2/h4-14,26H,15-16H2,1-3H3,(H,25,27). The van der Waals surface area contributed by atoms with Gasteiger partial charge in [-0.2, -0.15) is 0 Å². The lowest BCUT2D eigenvalue weighted by molar-refractivity contribution is -0.113. The number of carbonyl (C=O) groups is 1. The summed E-state index contributed by atoms with van der Waals surface area (Å²) in [6.45, 7) is 5.96. The zero-order chi connectivity index (χ0) is 22.4. The van der Waals surface area contributed by atoms with E-state index < -0.39 is 10.0 Å². The van der Waals surface area contributed by atoms with Gasteiger partial charge < -0.3 is 5.32 Å². The van der Waals surface area contributed by atoms with Gasteiger partial charge >= 0.3 is 0 Å². The number of rotatable bonds is 8. The molecule has 0 fully saturated rings. The quantitative estimate of drug-likeness (QED) is 0.485. The molecular formula is C24H26N2O3S2. The summed E-state index contributed by atoms with van der Waals surface area (Å²) in [5, 5.41) is 2.81. The van der Waals surface area contributed by atoms with E-state index in [2.05, 4.69) is 29.1 Å². The van der Waals surface area contributed by atoms with Crippen LogP contribution in [-0.2, 0) is 20.6 Å². The molecule has 0 aliphatic heterocycles. The Bertz CT molecular complexity index is 1170. The number of carbonyl (C=O) groups excluding carboxylic acids is 1. The van der Waals surface area contributed by atoms with E-state index in [9.17, 15) is 13.2 Å². The first-order chi connectivity index (χ1) is 14.7. The molecule has 0 bridgehead atoms. The van der Waals surface area contributed by atoms with Gasteiger partial charge in [-0.15, -0.1) is 11.8 Å². The number of nitrogens with one attached hydrogen (secondary N) is 2. The van der Waals surface area contributed by atoms with Gasteiger partial charge in [-0.05, 0) is 79.4 Å². The highest BCUT2D eigenvalue weighted by Gasteiger charge is 2.15. The van der Waals surface area contributed by atoms with E-state index in [1.54, 1.807) is 36.0 Å². The summed E-state index contributed by atoms with van der Waals surface area (Å²) in [7, 11) is -3.70.